The molecule has 0 saturated heterocycles. The average molecular weight is 288 g/mol. The zero-order chi connectivity index (χ0) is 13.4. The Hall–Kier alpha value is -1.59. The molecule has 0 aliphatic rings. The second-order valence-corrected chi connectivity index (χ2v) is 5.90. The minimum atomic E-state index is 0.00921. The van der Waals surface area contributed by atoms with Gasteiger partial charge < -0.3 is 0 Å². The molecule has 0 aliphatic heterocycles. The maximum absolute atomic E-state index is 12.6. The van der Waals surface area contributed by atoms with Crippen LogP contribution in [0.3, 0.4) is 0 Å². The quantitative estimate of drug-likeness (QED) is 0.535. The summed E-state index contributed by atoms with van der Waals surface area (Å²) in [6.07, 6.45) is 1.94. The van der Waals surface area contributed by atoms with Crippen molar-refractivity contribution >= 4 is 33.3 Å². The van der Waals surface area contributed by atoms with E-state index < -0.39 is 0 Å². The summed E-state index contributed by atoms with van der Waals surface area (Å²) in [6.45, 7) is 2.02. The highest BCUT2D eigenvalue weighted by molar-refractivity contribution is 7.98. The van der Waals surface area contributed by atoms with Gasteiger partial charge in [0, 0.05) is 0 Å². The molecule has 0 amide bonds. The molecule has 0 bridgehead atoms. The Kier molecular flexibility index (Phi) is 3.16. The molecule has 2 heterocycles. The highest BCUT2D eigenvalue weighted by Crippen LogP contribution is 2.22. The molecule has 3 aromatic rings. The number of aromatic nitrogens is 2. The molecule has 3 nitrogen and oxygen atoms in total. The van der Waals surface area contributed by atoms with Crippen LogP contribution < -0.4 is 5.56 Å². The summed E-state index contributed by atoms with van der Waals surface area (Å²) in [4.78, 5) is 17.2. The molecule has 0 unspecified atom stereocenters. The van der Waals surface area contributed by atoms with Crippen LogP contribution in [0.5, 0.6) is 0 Å². The Balaban J connectivity index is 2.38. The summed E-state index contributed by atoms with van der Waals surface area (Å²) in [6, 6.07) is 9.81. The Labute approximate surface area is 118 Å². The Morgan fingerprint density at radius 2 is 2.16 bits per heavy atom. The van der Waals surface area contributed by atoms with Gasteiger partial charge in [0.1, 0.15) is 4.70 Å². The molecular formula is C14H12N2OS2. The van der Waals surface area contributed by atoms with Crippen molar-refractivity contribution in [3.05, 3.63) is 51.6 Å². The van der Waals surface area contributed by atoms with Crippen LogP contribution in [0.15, 0.2) is 45.7 Å². The van der Waals surface area contributed by atoms with Crippen LogP contribution in [0.4, 0.5) is 0 Å². The third-order valence-corrected chi connectivity index (χ3v) is 4.42. The van der Waals surface area contributed by atoms with Gasteiger partial charge in [-0.1, -0.05) is 23.9 Å². The molecule has 0 aliphatic carbocycles. The second-order valence-electron chi connectivity index (χ2n) is 4.21. The zero-order valence-corrected chi connectivity index (χ0v) is 12.2. The van der Waals surface area contributed by atoms with Crippen molar-refractivity contribution in [3.63, 3.8) is 0 Å². The van der Waals surface area contributed by atoms with Crippen LogP contribution in [0.25, 0.3) is 15.9 Å². The van der Waals surface area contributed by atoms with Crippen molar-refractivity contribution in [1.82, 2.24) is 9.55 Å². The number of thiophene rings is 1. The highest BCUT2D eigenvalue weighted by atomic mass is 32.2. The first-order valence-corrected chi connectivity index (χ1v) is 7.92. The minimum absolute atomic E-state index is 0.00921. The normalized spacial score (nSPS) is 11.1. The molecule has 96 valence electrons. The molecule has 0 spiro atoms. The number of rotatable bonds is 2. The topological polar surface area (TPSA) is 34.9 Å². The standard InChI is InChI=1S/C14H12N2OS2/c1-9-4-3-5-10(8-9)16-13(17)12-11(6-7-19-12)15-14(16)18-2/h3-8H,1-2H3. The van der Waals surface area contributed by atoms with Crippen LogP contribution in [-0.4, -0.2) is 15.8 Å². The monoisotopic (exact) mass is 288 g/mol. The molecule has 0 N–H and O–H groups in total. The Morgan fingerprint density at radius 1 is 1.32 bits per heavy atom. The maximum Gasteiger partial charge on any atom is 0.276 e. The van der Waals surface area contributed by atoms with Gasteiger partial charge in [0.05, 0.1) is 11.2 Å². The van der Waals surface area contributed by atoms with E-state index in [2.05, 4.69) is 4.98 Å². The molecule has 2 aromatic heterocycles. The molecule has 5 heteroatoms. The Bertz CT molecular complexity index is 805. The molecule has 0 fully saturated rings. The van der Waals surface area contributed by atoms with Crippen molar-refractivity contribution < 1.29 is 0 Å². The number of thioether (sulfide) groups is 1. The molecule has 1 aromatic carbocycles. The number of nitrogens with zero attached hydrogens (tertiary/aromatic N) is 2. The summed E-state index contributed by atoms with van der Waals surface area (Å²) in [5.41, 5.74) is 2.79. The SMILES string of the molecule is CSc1nc2ccsc2c(=O)n1-c1cccc(C)c1. The number of hydrogen-bond acceptors (Lipinski definition) is 4. The molecule has 3 rings (SSSR count). The third-order valence-electron chi connectivity index (χ3n) is 2.89. The number of fused-ring (bicyclic) bond motifs is 1. The number of aryl methyl sites for hydroxylation is 1. The van der Waals surface area contributed by atoms with Gasteiger partial charge in [0.25, 0.3) is 5.56 Å². The lowest BCUT2D eigenvalue weighted by Crippen LogP contribution is -2.20. The first kappa shape index (κ1) is 12.4. The van der Waals surface area contributed by atoms with E-state index in [0.717, 1.165) is 21.9 Å². The largest absolute Gasteiger partial charge is 0.276 e. The second kappa shape index (κ2) is 4.83. The Morgan fingerprint density at radius 3 is 2.89 bits per heavy atom. The summed E-state index contributed by atoms with van der Waals surface area (Å²) >= 11 is 2.93. The van der Waals surface area contributed by atoms with Crippen molar-refractivity contribution in [3.8, 4) is 5.69 Å². The zero-order valence-electron chi connectivity index (χ0n) is 10.6. The number of hydrogen-bond donors (Lipinski definition) is 0. The summed E-state index contributed by atoms with van der Waals surface area (Å²) < 4.78 is 2.40. The van der Waals surface area contributed by atoms with E-state index in [4.69, 9.17) is 0 Å². The van der Waals surface area contributed by atoms with Crippen LogP contribution in [0.2, 0.25) is 0 Å². The third kappa shape index (κ3) is 2.09. The van der Waals surface area contributed by atoms with Gasteiger partial charge in [-0.25, -0.2) is 4.98 Å². The first-order valence-electron chi connectivity index (χ1n) is 5.82. The van der Waals surface area contributed by atoms with Crippen LogP contribution >= 0.6 is 23.1 Å². The lowest BCUT2D eigenvalue weighted by molar-refractivity contribution is 0.823. The van der Waals surface area contributed by atoms with Gasteiger partial charge in [-0.3, -0.25) is 9.36 Å². The highest BCUT2D eigenvalue weighted by Gasteiger charge is 2.12. The van der Waals surface area contributed by atoms with E-state index >= 15 is 0 Å². The van der Waals surface area contributed by atoms with E-state index in [1.807, 2.05) is 48.9 Å². The van der Waals surface area contributed by atoms with Crippen molar-refractivity contribution in [2.45, 2.75) is 12.1 Å². The first-order chi connectivity index (χ1) is 9.20. The summed E-state index contributed by atoms with van der Waals surface area (Å²) in [5.74, 6) is 0. The van der Waals surface area contributed by atoms with E-state index in [1.54, 1.807) is 4.57 Å². The van der Waals surface area contributed by atoms with Crippen molar-refractivity contribution in [2.24, 2.45) is 0 Å². The van der Waals surface area contributed by atoms with Gasteiger partial charge >= 0.3 is 0 Å². The average Bonchev–Trinajstić information content (AvgIpc) is 2.87. The van der Waals surface area contributed by atoms with Gasteiger partial charge in [-0.05, 0) is 42.3 Å². The van der Waals surface area contributed by atoms with Gasteiger partial charge in [-0.2, -0.15) is 0 Å². The molecular weight excluding hydrogens is 276 g/mol. The fourth-order valence-electron chi connectivity index (χ4n) is 2.02. The van der Waals surface area contributed by atoms with Gasteiger partial charge in [0.2, 0.25) is 0 Å². The van der Waals surface area contributed by atoms with E-state index in [0.29, 0.717) is 4.70 Å². The predicted molar refractivity (Wildman–Crippen MR) is 81.7 cm³/mol. The maximum atomic E-state index is 12.6. The van der Waals surface area contributed by atoms with E-state index in [-0.39, 0.29) is 5.56 Å². The predicted octanol–water partition coefficient (Wildman–Crippen LogP) is 3.48. The van der Waals surface area contributed by atoms with Crippen LogP contribution in [0, 0.1) is 6.92 Å². The molecule has 0 atom stereocenters. The smallest absolute Gasteiger partial charge is 0.267 e. The van der Waals surface area contributed by atoms with Crippen LogP contribution in [0.1, 0.15) is 5.56 Å². The van der Waals surface area contributed by atoms with Crippen molar-refractivity contribution in [2.75, 3.05) is 6.26 Å². The van der Waals surface area contributed by atoms with Gasteiger partial charge in [0.15, 0.2) is 5.16 Å². The number of benzene rings is 1. The molecule has 0 saturated carbocycles. The fourth-order valence-corrected chi connectivity index (χ4v) is 3.34. The van der Waals surface area contributed by atoms with E-state index in [1.165, 1.54) is 23.1 Å². The minimum Gasteiger partial charge on any atom is -0.267 e. The lowest BCUT2D eigenvalue weighted by atomic mass is 10.2. The summed E-state index contributed by atoms with van der Waals surface area (Å²) in [7, 11) is 0. The summed E-state index contributed by atoms with van der Waals surface area (Å²) in [5, 5.41) is 2.63. The fraction of sp³-hybridized carbons (Fsp3) is 0.143. The lowest BCUT2D eigenvalue weighted by Gasteiger charge is -2.10. The molecule has 19 heavy (non-hydrogen) atoms. The van der Waals surface area contributed by atoms with Gasteiger partial charge in [-0.15, -0.1) is 11.3 Å². The molecule has 0 radical (unpaired) electrons. The van der Waals surface area contributed by atoms with E-state index in [9.17, 15) is 4.79 Å². The van der Waals surface area contributed by atoms with Crippen LogP contribution in [-0.2, 0) is 0 Å². The van der Waals surface area contributed by atoms with Crippen molar-refractivity contribution in [1.29, 1.82) is 0 Å².